The molecule has 0 spiro atoms. The Balaban J connectivity index is 1.70. The van der Waals surface area contributed by atoms with E-state index in [9.17, 15) is 9.59 Å². The van der Waals surface area contributed by atoms with Crippen LogP contribution in [0.2, 0.25) is 5.02 Å². The lowest BCUT2D eigenvalue weighted by molar-refractivity contribution is -0.139. The molecular weight excluding hydrogens is 434 g/mol. The molecule has 2 aromatic carbocycles. The van der Waals surface area contributed by atoms with Crippen LogP contribution in [0.25, 0.3) is 0 Å². The monoisotopic (exact) mass is 455 g/mol. The minimum Gasteiger partial charge on any atom is -0.482 e. The molecule has 4 rings (SSSR count). The van der Waals surface area contributed by atoms with Crippen molar-refractivity contribution in [3.8, 4) is 5.75 Å². The number of nitrogens with zero attached hydrogens (tertiary/aromatic N) is 3. The number of hydrogen-bond acceptors (Lipinski definition) is 5. The zero-order valence-corrected chi connectivity index (χ0v) is 18.2. The Labute approximate surface area is 190 Å². The van der Waals surface area contributed by atoms with Crippen LogP contribution in [-0.2, 0) is 29.6 Å². The van der Waals surface area contributed by atoms with Crippen molar-refractivity contribution in [1.82, 2.24) is 14.5 Å². The molecule has 0 radical (unpaired) electrons. The quantitative estimate of drug-likeness (QED) is 0.607. The fraction of sp³-hybridized carbons (Fsp3) is 0.261. The van der Waals surface area contributed by atoms with E-state index in [0.717, 1.165) is 16.8 Å². The standard InChI is InChI=1S/C23H22ClN3O5/c1-26-14-25-11-17(26)12-32-23(30)27-9-8-15-4-2-3-5-18(15)22(27)19-10-16(24)6-7-20(19)31-13-21(28)29/h2-7,10-11,14,22H,8-9,12-13H2,1H3,(H,28,29)/t22-/m0/s1. The van der Waals surface area contributed by atoms with E-state index in [1.165, 1.54) is 0 Å². The second-order valence-corrected chi connectivity index (χ2v) is 7.90. The van der Waals surface area contributed by atoms with Gasteiger partial charge < -0.3 is 19.1 Å². The average molecular weight is 456 g/mol. The van der Waals surface area contributed by atoms with E-state index < -0.39 is 24.7 Å². The molecule has 3 aromatic rings. The number of carboxylic acids is 1. The van der Waals surface area contributed by atoms with Crippen LogP contribution in [0.5, 0.6) is 5.75 Å². The summed E-state index contributed by atoms with van der Waals surface area (Å²) in [5.41, 5.74) is 3.37. The summed E-state index contributed by atoms with van der Waals surface area (Å²) in [6.07, 6.45) is 3.46. The van der Waals surface area contributed by atoms with E-state index in [1.807, 2.05) is 31.3 Å². The van der Waals surface area contributed by atoms with Crippen molar-refractivity contribution in [2.45, 2.75) is 19.1 Å². The summed E-state index contributed by atoms with van der Waals surface area (Å²) in [6, 6.07) is 12.2. The number of hydrogen-bond donors (Lipinski definition) is 1. The van der Waals surface area contributed by atoms with Crippen molar-refractivity contribution in [3.05, 3.63) is 82.4 Å². The molecule has 0 fully saturated rings. The van der Waals surface area contributed by atoms with Crippen LogP contribution in [0.1, 0.15) is 28.4 Å². The lowest BCUT2D eigenvalue weighted by atomic mass is 9.88. The lowest BCUT2D eigenvalue weighted by Gasteiger charge is -2.37. The molecule has 0 aliphatic carbocycles. The number of fused-ring (bicyclic) bond motifs is 1. The summed E-state index contributed by atoms with van der Waals surface area (Å²) in [7, 11) is 1.83. The van der Waals surface area contributed by atoms with Gasteiger partial charge >= 0.3 is 12.1 Å². The van der Waals surface area contributed by atoms with Gasteiger partial charge in [0.25, 0.3) is 0 Å². The summed E-state index contributed by atoms with van der Waals surface area (Å²) in [4.78, 5) is 29.9. The van der Waals surface area contributed by atoms with Crippen molar-refractivity contribution in [1.29, 1.82) is 0 Å². The summed E-state index contributed by atoms with van der Waals surface area (Å²) in [5.74, 6) is -0.745. The fourth-order valence-electron chi connectivity index (χ4n) is 3.84. The normalized spacial score (nSPS) is 15.2. The third-order valence-electron chi connectivity index (χ3n) is 5.40. The number of aryl methyl sites for hydroxylation is 1. The topological polar surface area (TPSA) is 93.9 Å². The Morgan fingerprint density at radius 1 is 1.22 bits per heavy atom. The van der Waals surface area contributed by atoms with Crippen LogP contribution < -0.4 is 4.74 Å². The zero-order chi connectivity index (χ0) is 22.7. The maximum absolute atomic E-state index is 13.2. The van der Waals surface area contributed by atoms with Gasteiger partial charge in [-0.15, -0.1) is 0 Å². The molecule has 1 aromatic heterocycles. The first-order chi connectivity index (χ1) is 15.4. The molecule has 0 bridgehead atoms. The van der Waals surface area contributed by atoms with Crippen molar-refractivity contribution < 1.29 is 24.2 Å². The van der Waals surface area contributed by atoms with Gasteiger partial charge in [-0.1, -0.05) is 35.9 Å². The number of imidazole rings is 1. The predicted molar refractivity (Wildman–Crippen MR) is 117 cm³/mol. The summed E-state index contributed by atoms with van der Waals surface area (Å²) in [6.45, 7) is 0.00281. The van der Waals surface area contributed by atoms with Crippen LogP contribution in [-0.4, -0.2) is 44.8 Å². The first-order valence-corrected chi connectivity index (χ1v) is 10.4. The van der Waals surface area contributed by atoms with E-state index in [4.69, 9.17) is 26.2 Å². The minimum atomic E-state index is -1.10. The highest BCUT2D eigenvalue weighted by Crippen LogP contribution is 2.40. The van der Waals surface area contributed by atoms with Gasteiger partial charge in [0, 0.05) is 24.2 Å². The highest BCUT2D eigenvalue weighted by Gasteiger charge is 2.35. The van der Waals surface area contributed by atoms with Gasteiger partial charge in [-0.3, -0.25) is 4.90 Å². The van der Waals surface area contributed by atoms with E-state index in [-0.39, 0.29) is 6.61 Å². The van der Waals surface area contributed by atoms with E-state index in [0.29, 0.717) is 29.3 Å². The van der Waals surface area contributed by atoms with Gasteiger partial charge in [-0.05, 0) is 35.7 Å². The second kappa shape index (κ2) is 9.32. The molecule has 2 heterocycles. The highest BCUT2D eigenvalue weighted by molar-refractivity contribution is 6.30. The molecule has 166 valence electrons. The number of aromatic nitrogens is 2. The van der Waals surface area contributed by atoms with Crippen molar-refractivity contribution in [2.75, 3.05) is 13.2 Å². The summed E-state index contributed by atoms with van der Waals surface area (Å²) >= 11 is 6.28. The molecule has 1 aliphatic heterocycles. The second-order valence-electron chi connectivity index (χ2n) is 7.46. The molecule has 32 heavy (non-hydrogen) atoms. The molecule has 1 amide bonds. The van der Waals surface area contributed by atoms with Crippen LogP contribution >= 0.6 is 11.6 Å². The number of aliphatic carboxylic acids is 1. The molecule has 9 heteroatoms. The molecule has 0 unspecified atom stereocenters. The first-order valence-electron chi connectivity index (χ1n) is 10.0. The molecule has 1 N–H and O–H groups in total. The van der Waals surface area contributed by atoms with Gasteiger partial charge in [-0.2, -0.15) is 0 Å². The van der Waals surface area contributed by atoms with Gasteiger partial charge in [0.05, 0.1) is 24.3 Å². The van der Waals surface area contributed by atoms with Crippen LogP contribution in [0.3, 0.4) is 0 Å². The minimum absolute atomic E-state index is 0.0815. The summed E-state index contributed by atoms with van der Waals surface area (Å²) < 4.78 is 12.9. The van der Waals surface area contributed by atoms with E-state index in [1.54, 1.807) is 40.2 Å². The van der Waals surface area contributed by atoms with Gasteiger partial charge in [0.15, 0.2) is 6.61 Å². The van der Waals surface area contributed by atoms with Crippen molar-refractivity contribution in [3.63, 3.8) is 0 Å². The van der Waals surface area contributed by atoms with Crippen LogP contribution in [0.4, 0.5) is 4.79 Å². The molecule has 0 saturated carbocycles. The van der Waals surface area contributed by atoms with Crippen molar-refractivity contribution >= 4 is 23.7 Å². The molecule has 8 nitrogen and oxygen atoms in total. The molecular formula is C23H22ClN3O5. The third kappa shape index (κ3) is 4.55. The maximum atomic E-state index is 13.2. The number of halogens is 1. The molecule has 1 atom stereocenters. The average Bonchev–Trinajstić information content (AvgIpc) is 3.20. The van der Waals surface area contributed by atoms with Gasteiger partial charge in [0.2, 0.25) is 0 Å². The fourth-order valence-corrected chi connectivity index (χ4v) is 4.03. The number of carbonyl (C=O) groups excluding carboxylic acids is 1. The van der Waals surface area contributed by atoms with E-state index >= 15 is 0 Å². The number of rotatable bonds is 6. The number of ether oxygens (including phenoxy) is 2. The maximum Gasteiger partial charge on any atom is 0.410 e. The smallest absolute Gasteiger partial charge is 0.410 e. The Hall–Kier alpha value is -3.52. The van der Waals surface area contributed by atoms with Crippen LogP contribution in [0.15, 0.2) is 55.0 Å². The summed E-state index contributed by atoms with van der Waals surface area (Å²) in [5, 5.41) is 9.52. The van der Waals surface area contributed by atoms with Crippen molar-refractivity contribution in [2.24, 2.45) is 7.05 Å². The molecule has 1 aliphatic rings. The van der Waals surface area contributed by atoms with Crippen LogP contribution in [0, 0.1) is 0 Å². The Kier molecular flexibility index (Phi) is 6.32. The SMILES string of the molecule is Cn1cncc1COC(=O)N1CCc2ccccc2[C@H]1c1cc(Cl)ccc1OCC(=O)O. The number of carbonyl (C=O) groups is 2. The van der Waals surface area contributed by atoms with Gasteiger partial charge in [0.1, 0.15) is 12.4 Å². The molecule has 0 saturated heterocycles. The number of benzene rings is 2. The Morgan fingerprint density at radius 3 is 2.78 bits per heavy atom. The highest BCUT2D eigenvalue weighted by atomic mass is 35.5. The lowest BCUT2D eigenvalue weighted by Crippen LogP contribution is -2.41. The number of carboxylic acid groups (broad SMARTS) is 1. The predicted octanol–water partition coefficient (Wildman–Crippen LogP) is 3.82. The Bertz CT molecular complexity index is 1150. The third-order valence-corrected chi connectivity index (χ3v) is 5.63. The largest absolute Gasteiger partial charge is 0.482 e. The number of amides is 1. The Morgan fingerprint density at radius 2 is 2.03 bits per heavy atom. The van der Waals surface area contributed by atoms with Gasteiger partial charge in [-0.25, -0.2) is 14.6 Å². The van der Waals surface area contributed by atoms with E-state index in [2.05, 4.69) is 4.98 Å². The first kappa shape index (κ1) is 21.7. The zero-order valence-electron chi connectivity index (χ0n) is 17.4.